The van der Waals surface area contributed by atoms with Crippen molar-refractivity contribution in [2.24, 2.45) is 0 Å². The summed E-state index contributed by atoms with van der Waals surface area (Å²) in [5.41, 5.74) is 0. The Hall–Kier alpha value is -0.380. The van der Waals surface area contributed by atoms with Crippen molar-refractivity contribution in [3.05, 3.63) is 0 Å². The largest absolute Gasteiger partial charge is 0.480 e. The maximum Gasteiger partial charge on any atom is 0.319 e. The maximum atomic E-state index is 11.8. The minimum Gasteiger partial charge on any atom is -0.480 e. The highest BCUT2D eigenvalue weighted by atomic mass is 32.2. The first-order chi connectivity index (χ1) is 9.63. The van der Waals surface area contributed by atoms with Crippen LogP contribution in [0.15, 0.2) is 0 Å². The third-order valence-corrected chi connectivity index (χ3v) is 5.52. The molecule has 0 aliphatic heterocycles. The first-order valence-electron chi connectivity index (χ1n) is 8.23. The number of aliphatic carboxylic acids is 1. The molecule has 0 rings (SSSR count). The predicted molar refractivity (Wildman–Crippen MR) is 86.6 cm³/mol. The van der Waals surface area contributed by atoms with E-state index in [-0.39, 0.29) is 0 Å². The summed E-state index contributed by atoms with van der Waals surface area (Å²) >= 11 is 0. The summed E-state index contributed by atoms with van der Waals surface area (Å²) in [7, 11) is -1.20. The first kappa shape index (κ1) is 19.6. The van der Waals surface area contributed by atoms with Crippen molar-refractivity contribution in [1.82, 2.24) is 0 Å². The lowest BCUT2D eigenvalue weighted by molar-refractivity contribution is -0.136. The van der Waals surface area contributed by atoms with Gasteiger partial charge in [-0.05, 0) is 12.8 Å². The SMILES string of the molecule is CCCCCCCCCCCCS(=O)C(CC)C(=O)O. The molecule has 0 aromatic rings. The van der Waals surface area contributed by atoms with E-state index < -0.39 is 22.0 Å². The molecule has 4 heteroatoms. The molecular formula is C16H32O3S. The molecule has 0 spiro atoms. The van der Waals surface area contributed by atoms with Crippen LogP contribution in [0.1, 0.15) is 84.5 Å². The molecule has 0 aliphatic rings. The van der Waals surface area contributed by atoms with Crippen molar-refractivity contribution in [3.8, 4) is 0 Å². The summed E-state index contributed by atoms with van der Waals surface area (Å²) in [6, 6.07) is 0. The van der Waals surface area contributed by atoms with E-state index in [0.29, 0.717) is 12.2 Å². The van der Waals surface area contributed by atoms with Crippen molar-refractivity contribution in [1.29, 1.82) is 0 Å². The van der Waals surface area contributed by atoms with Crippen LogP contribution in [-0.4, -0.2) is 26.3 Å². The Morgan fingerprint density at radius 1 is 0.900 bits per heavy atom. The van der Waals surface area contributed by atoms with Crippen molar-refractivity contribution in [2.45, 2.75) is 89.7 Å². The van der Waals surface area contributed by atoms with Gasteiger partial charge in [0.1, 0.15) is 5.25 Å². The monoisotopic (exact) mass is 304 g/mol. The summed E-state index contributed by atoms with van der Waals surface area (Å²) in [5.74, 6) is -0.376. The van der Waals surface area contributed by atoms with Crippen LogP contribution in [0.2, 0.25) is 0 Å². The van der Waals surface area contributed by atoms with Gasteiger partial charge in [-0.2, -0.15) is 0 Å². The minimum atomic E-state index is -1.20. The van der Waals surface area contributed by atoms with Crippen molar-refractivity contribution >= 4 is 16.8 Å². The Labute approximate surface area is 127 Å². The third-order valence-electron chi connectivity index (χ3n) is 3.66. The second-order valence-corrected chi connectivity index (χ2v) is 7.24. The Balaban J connectivity index is 3.39. The van der Waals surface area contributed by atoms with E-state index >= 15 is 0 Å². The standard InChI is InChI=1S/C16H32O3S/c1-3-5-6-7-8-9-10-11-12-13-14-20(19)15(4-2)16(17)18/h15H,3-14H2,1-2H3,(H,17,18). The number of hydrogen-bond acceptors (Lipinski definition) is 2. The van der Waals surface area contributed by atoms with Gasteiger partial charge in [0, 0.05) is 16.6 Å². The average Bonchev–Trinajstić information content (AvgIpc) is 2.41. The van der Waals surface area contributed by atoms with Crippen molar-refractivity contribution < 1.29 is 14.1 Å². The van der Waals surface area contributed by atoms with E-state index in [4.69, 9.17) is 5.11 Å². The zero-order chi connectivity index (χ0) is 15.2. The van der Waals surface area contributed by atoms with Gasteiger partial charge in [0.2, 0.25) is 0 Å². The molecule has 0 saturated heterocycles. The number of carboxylic acids is 1. The zero-order valence-electron chi connectivity index (χ0n) is 13.2. The molecule has 20 heavy (non-hydrogen) atoms. The normalized spacial score (nSPS) is 14.1. The number of rotatable bonds is 14. The van der Waals surface area contributed by atoms with Crippen LogP contribution in [0.25, 0.3) is 0 Å². The Bertz CT molecular complexity index is 266. The number of unbranched alkanes of at least 4 members (excludes halogenated alkanes) is 9. The van der Waals surface area contributed by atoms with E-state index in [2.05, 4.69) is 6.92 Å². The third kappa shape index (κ3) is 10.4. The molecule has 120 valence electrons. The second-order valence-electron chi connectivity index (χ2n) is 5.50. The van der Waals surface area contributed by atoms with Crippen LogP contribution in [0.4, 0.5) is 0 Å². The predicted octanol–water partition coefficient (Wildman–Crippen LogP) is 4.52. The molecule has 0 amide bonds. The molecule has 2 unspecified atom stereocenters. The quantitative estimate of drug-likeness (QED) is 0.480. The highest BCUT2D eigenvalue weighted by molar-refractivity contribution is 7.86. The van der Waals surface area contributed by atoms with Crippen LogP contribution in [-0.2, 0) is 15.6 Å². The summed E-state index contributed by atoms with van der Waals surface area (Å²) in [6.45, 7) is 4.02. The molecule has 0 heterocycles. The molecule has 3 nitrogen and oxygen atoms in total. The molecule has 0 aromatic heterocycles. The van der Waals surface area contributed by atoms with Gasteiger partial charge in [-0.15, -0.1) is 0 Å². The number of hydrogen-bond donors (Lipinski definition) is 1. The van der Waals surface area contributed by atoms with Gasteiger partial charge in [-0.3, -0.25) is 9.00 Å². The fraction of sp³-hybridized carbons (Fsp3) is 0.938. The van der Waals surface area contributed by atoms with Gasteiger partial charge in [-0.1, -0.05) is 71.6 Å². The van der Waals surface area contributed by atoms with Crippen molar-refractivity contribution in [3.63, 3.8) is 0 Å². The highest BCUT2D eigenvalue weighted by Crippen LogP contribution is 2.11. The van der Waals surface area contributed by atoms with Crippen LogP contribution in [0.5, 0.6) is 0 Å². The lowest BCUT2D eigenvalue weighted by Gasteiger charge is -2.09. The van der Waals surface area contributed by atoms with Gasteiger partial charge < -0.3 is 5.11 Å². The maximum absolute atomic E-state index is 11.8. The topological polar surface area (TPSA) is 54.4 Å². The van der Waals surface area contributed by atoms with Gasteiger partial charge >= 0.3 is 5.97 Å². The molecule has 2 atom stereocenters. The average molecular weight is 304 g/mol. The van der Waals surface area contributed by atoms with Crippen molar-refractivity contribution in [2.75, 3.05) is 5.75 Å². The van der Waals surface area contributed by atoms with Gasteiger partial charge in [0.15, 0.2) is 0 Å². The molecule has 0 aliphatic carbocycles. The molecule has 0 fully saturated rings. The van der Waals surface area contributed by atoms with Gasteiger partial charge in [-0.25, -0.2) is 0 Å². The summed E-state index contributed by atoms with van der Waals surface area (Å²) in [4.78, 5) is 10.9. The van der Waals surface area contributed by atoms with Crippen LogP contribution in [0.3, 0.4) is 0 Å². The van der Waals surface area contributed by atoms with Gasteiger partial charge in [0.25, 0.3) is 0 Å². The lowest BCUT2D eigenvalue weighted by atomic mass is 10.1. The number of carbonyl (C=O) groups is 1. The summed E-state index contributed by atoms with van der Waals surface area (Å²) < 4.78 is 11.8. The molecule has 0 radical (unpaired) electrons. The van der Waals surface area contributed by atoms with E-state index in [1.807, 2.05) is 0 Å². The van der Waals surface area contributed by atoms with Crippen LogP contribution in [0, 0.1) is 0 Å². The van der Waals surface area contributed by atoms with Gasteiger partial charge in [0.05, 0.1) is 0 Å². The van der Waals surface area contributed by atoms with E-state index in [9.17, 15) is 9.00 Å². The lowest BCUT2D eigenvalue weighted by Crippen LogP contribution is -2.26. The Morgan fingerprint density at radius 2 is 1.35 bits per heavy atom. The van der Waals surface area contributed by atoms with Crippen LogP contribution < -0.4 is 0 Å². The number of carboxylic acid groups (broad SMARTS) is 1. The fourth-order valence-corrected chi connectivity index (χ4v) is 3.72. The smallest absolute Gasteiger partial charge is 0.319 e. The molecule has 0 bridgehead atoms. The summed E-state index contributed by atoms with van der Waals surface area (Å²) in [6.07, 6.45) is 12.9. The van der Waals surface area contributed by atoms with E-state index in [0.717, 1.165) is 12.8 Å². The Kier molecular flexibility index (Phi) is 13.3. The molecule has 0 saturated carbocycles. The molecular weight excluding hydrogens is 272 g/mol. The molecule has 1 N–H and O–H groups in total. The fourth-order valence-electron chi connectivity index (χ4n) is 2.35. The minimum absolute atomic E-state index is 0.458. The second kappa shape index (κ2) is 13.6. The molecule has 0 aromatic carbocycles. The zero-order valence-corrected chi connectivity index (χ0v) is 14.1. The highest BCUT2D eigenvalue weighted by Gasteiger charge is 2.21. The first-order valence-corrected chi connectivity index (χ1v) is 9.61. The van der Waals surface area contributed by atoms with E-state index in [1.165, 1.54) is 51.4 Å². The van der Waals surface area contributed by atoms with Crippen LogP contribution >= 0.6 is 0 Å². The summed E-state index contributed by atoms with van der Waals surface area (Å²) in [5, 5.41) is 8.24. The van der Waals surface area contributed by atoms with E-state index in [1.54, 1.807) is 6.92 Å². The Morgan fingerprint density at radius 3 is 1.75 bits per heavy atom.